The quantitative estimate of drug-likeness (QED) is 0.469. The molecule has 1 saturated carbocycles. The van der Waals surface area contributed by atoms with Crippen molar-refractivity contribution >= 4 is 12.3 Å². The molecular weight excluding hydrogens is 312 g/mol. The second-order valence-electron chi connectivity index (χ2n) is 7.24. The molecule has 0 spiro atoms. The first-order chi connectivity index (χ1) is 11.4. The average molecular weight is 344 g/mol. The summed E-state index contributed by atoms with van der Waals surface area (Å²) in [5, 5.41) is 0. The number of carbonyl (C=O) groups is 2. The van der Waals surface area contributed by atoms with Gasteiger partial charge in [0, 0.05) is 6.42 Å². The fraction of sp³-hybridized carbons (Fsp3) is 0.889. The Morgan fingerprint density at radius 1 is 0.917 bits per heavy atom. The van der Waals surface area contributed by atoms with Crippen molar-refractivity contribution in [1.82, 2.24) is 0 Å². The van der Waals surface area contributed by atoms with Crippen LogP contribution in [0.25, 0.3) is 0 Å². The van der Waals surface area contributed by atoms with Crippen LogP contribution in [0.2, 0.25) is 0 Å². The fourth-order valence-corrected chi connectivity index (χ4v) is 2.54. The molecule has 0 N–H and O–H groups in total. The highest BCUT2D eigenvalue weighted by molar-refractivity contribution is 5.60. The van der Waals surface area contributed by atoms with Crippen LogP contribution in [-0.2, 0) is 18.9 Å². The van der Waals surface area contributed by atoms with Crippen molar-refractivity contribution in [2.75, 3.05) is 13.2 Å². The molecule has 0 aromatic rings. The summed E-state index contributed by atoms with van der Waals surface area (Å²) >= 11 is 0. The maximum atomic E-state index is 11.7. The summed E-state index contributed by atoms with van der Waals surface area (Å²) in [6.45, 7) is 8.91. The minimum absolute atomic E-state index is 0.265. The first-order valence-corrected chi connectivity index (χ1v) is 9.03. The zero-order valence-electron chi connectivity index (χ0n) is 15.4. The van der Waals surface area contributed by atoms with Gasteiger partial charge in [-0.25, -0.2) is 9.59 Å². The Morgan fingerprint density at radius 3 is 2.04 bits per heavy atom. The molecule has 1 aliphatic rings. The molecule has 0 aromatic heterocycles. The van der Waals surface area contributed by atoms with E-state index in [-0.39, 0.29) is 18.1 Å². The summed E-state index contributed by atoms with van der Waals surface area (Å²) in [7, 11) is 0. The molecule has 24 heavy (non-hydrogen) atoms. The van der Waals surface area contributed by atoms with Gasteiger partial charge in [-0.05, 0) is 43.9 Å². The van der Waals surface area contributed by atoms with Crippen LogP contribution >= 0.6 is 0 Å². The van der Waals surface area contributed by atoms with Crippen LogP contribution in [0.15, 0.2) is 0 Å². The molecule has 0 bridgehead atoms. The van der Waals surface area contributed by atoms with Gasteiger partial charge in [-0.15, -0.1) is 0 Å². The summed E-state index contributed by atoms with van der Waals surface area (Å²) in [4.78, 5) is 23.3. The van der Waals surface area contributed by atoms with Crippen LogP contribution < -0.4 is 0 Å². The van der Waals surface area contributed by atoms with Crippen molar-refractivity contribution in [3.63, 3.8) is 0 Å². The van der Waals surface area contributed by atoms with E-state index in [1.165, 1.54) is 0 Å². The Morgan fingerprint density at radius 2 is 1.50 bits per heavy atom. The molecule has 1 aliphatic carbocycles. The van der Waals surface area contributed by atoms with Gasteiger partial charge in [-0.1, -0.05) is 27.7 Å². The molecule has 6 nitrogen and oxygen atoms in total. The fourth-order valence-electron chi connectivity index (χ4n) is 2.54. The smallest absolute Gasteiger partial charge is 0.434 e. The lowest BCUT2D eigenvalue weighted by Crippen LogP contribution is -2.32. The number of hydrogen-bond acceptors (Lipinski definition) is 6. The predicted octanol–water partition coefficient (Wildman–Crippen LogP) is 4.70. The second kappa shape index (κ2) is 11.2. The highest BCUT2D eigenvalue weighted by Crippen LogP contribution is 2.24. The second-order valence-corrected chi connectivity index (χ2v) is 7.24. The van der Waals surface area contributed by atoms with Crippen molar-refractivity contribution in [2.45, 2.75) is 78.4 Å². The van der Waals surface area contributed by atoms with Crippen molar-refractivity contribution in [2.24, 2.45) is 11.8 Å². The lowest BCUT2D eigenvalue weighted by Gasteiger charge is -2.28. The summed E-state index contributed by atoms with van der Waals surface area (Å²) in [6, 6.07) is 0. The van der Waals surface area contributed by atoms with Crippen LogP contribution in [0.3, 0.4) is 0 Å². The average Bonchev–Trinajstić information content (AvgIpc) is 2.50. The first-order valence-electron chi connectivity index (χ1n) is 9.03. The van der Waals surface area contributed by atoms with Crippen molar-refractivity contribution in [1.29, 1.82) is 0 Å². The Balaban J connectivity index is 2.22. The third kappa shape index (κ3) is 9.63. The van der Waals surface area contributed by atoms with Crippen LogP contribution in [0.1, 0.15) is 66.2 Å². The van der Waals surface area contributed by atoms with Crippen LogP contribution in [0, 0.1) is 11.8 Å². The zero-order valence-corrected chi connectivity index (χ0v) is 15.4. The summed E-state index contributed by atoms with van der Waals surface area (Å²) < 4.78 is 20.7. The Hall–Kier alpha value is -1.46. The van der Waals surface area contributed by atoms with Gasteiger partial charge >= 0.3 is 12.3 Å². The molecule has 1 rings (SSSR count). The molecule has 140 valence electrons. The number of hydrogen-bond donors (Lipinski definition) is 0. The number of ether oxygens (including phenoxy) is 4. The van der Waals surface area contributed by atoms with Crippen LogP contribution in [0.4, 0.5) is 9.59 Å². The van der Waals surface area contributed by atoms with E-state index in [0.717, 1.165) is 32.1 Å². The van der Waals surface area contributed by atoms with E-state index in [0.29, 0.717) is 25.6 Å². The van der Waals surface area contributed by atoms with Gasteiger partial charge in [0.2, 0.25) is 0 Å². The minimum atomic E-state index is -0.648. The molecule has 1 fully saturated rings. The zero-order chi connectivity index (χ0) is 17.9. The van der Waals surface area contributed by atoms with Crippen LogP contribution in [-0.4, -0.2) is 37.7 Å². The maximum Gasteiger partial charge on any atom is 0.508 e. The summed E-state index contributed by atoms with van der Waals surface area (Å²) in [5.41, 5.74) is 0. The summed E-state index contributed by atoms with van der Waals surface area (Å²) in [6.07, 6.45) is 2.91. The molecule has 0 amide bonds. The lowest BCUT2D eigenvalue weighted by molar-refractivity contribution is -0.0365. The molecule has 2 atom stereocenters. The maximum absolute atomic E-state index is 11.7. The van der Waals surface area contributed by atoms with E-state index in [2.05, 4.69) is 13.8 Å². The Kier molecular flexibility index (Phi) is 9.57. The molecule has 6 heteroatoms. The van der Waals surface area contributed by atoms with E-state index in [1.807, 2.05) is 13.8 Å². The Labute approximate surface area is 145 Å². The van der Waals surface area contributed by atoms with E-state index in [4.69, 9.17) is 18.9 Å². The van der Waals surface area contributed by atoms with Gasteiger partial charge in [0.15, 0.2) is 0 Å². The molecule has 0 radical (unpaired) electrons. The van der Waals surface area contributed by atoms with E-state index in [9.17, 15) is 9.59 Å². The van der Waals surface area contributed by atoms with E-state index < -0.39 is 12.3 Å². The topological polar surface area (TPSA) is 71.1 Å². The summed E-state index contributed by atoms with van der Waals surface area (Å²) in [5.74, 6) is 0.863. The molecule has 2 unspecified atom stereocenters. The van der Waals surface area contributed by atoms with E-state index in [1.54, 1.807) is 0 Å². The van der Waals surface area contributed by atoms with Gasteiger partial charge < -0.3 is 18.9 Å². The largest absolute Gasteiger partial charge is 0.508 e. The SMILES string of the molecule is CC(C)CCCOC(=O)OC1CCCC(OC(=O)OCC(C)C)C1. The third-order valence-electron chi connectivity index (χ3n) is 3.78. The molecule has 0 aromatic carbocycles. The highest BCUT2D eigenvalue weighted by atomic mass is 16.7. The van der Waals surface area contributed by atoms with Crippen LogP contribution in [0.5, 0.6) is 0 Å². The monoisotopic (exact) mass is 344 g/mol. The Bertz CT molecular complexity index is 380. The molecule has 0 saturated heterocycles. The standard InChI is InChI=1S/C18H32O6/c1-13(2)7-6-10-21-17(19)23-15-8-5-9-16(11-15)24-18(20)22-12-14(3)4/h13-16H,5-12H2,1-4H3. The number of carbonyl (C=O) groups excluding carboxylic acids is 2. The highest BCUT2D eigenvalue weighted by Gasteiger charge is 2.28. The molecule has 0 heterocycles. The van der Waals surface area contributed by atoms with Gasteiger partial charge in [0.1, 0.15) is 12.2 Å². The first kappa shape index (κ1) is 20.6. The predicted molar refractivity (Wildman–Crippen MR) is 89.8 cm³/mol. The third-order valence-corrected chi connectivity index (χ3v) is 3.78. The van der Waals surface area contributed by atoms with Gasteiger partial charge in [0.05, 0.1) is 13.2 Å². The van der Waals surface area contributed by atoms with Crippen molar-refractivity contribution in [3.05, 3.63) is 0 Å². The lowest BCUT2D eigenvalue weighted by atomic mass is 9.95. The normalized spacial score (nSPS) is 20.8. The minimum Gasteiger partial charge on any atom is -0.434 e. The van der Waals surface area contributed by atoms with Crippen molar-refractivity contribution in [3.8, 4) is 0 Å². The number of rotatable bonds is 8. The molecule has 0 aliphatic heterocycles. The molecular formula is C18H32O6. The van der Waals surface area contributed by atoms with Gasteiger partial charge in [-0.2, -0.15) is 0 Å². The van der Waals surface area contributed by atoms with Gasteiger partial charge in [0.25, 0.3) is 0 Å². The van der Waals surface area contributed by atoms with E-state index >= 15 is 0 Å². The van der Waals surface area contributed by atoms with Gasteiger partial charge in [-0.3, -0.25) is 0 Å². The van der Waals surface area contributed by atoms with Crippen molar-refractivity contribution < 1.29 is 28.5 Å².